The molecule has 3 N–H and O–H groups in total. The van der Waals surface area contributed by atoms with Crippen molar-refractivity contribution in [2.75, 3.05) is 13.1 Å². The number of hydrogen-bond donors (Lipinski definition) is 2. The Bertz CT molecular complexity index is 528. The summed E-state index contributed by atoms with van der Waals surface area (Å²) in [6.07, 6.45) is 1.54. The number of hydrogen-bond acceptors (Lipinski definition) is 5. The summed E-state index contributed by atoms with van der Waals surface area (Å²) >= 11 is 0. The normalized spacial score (nSPS) is 22.6. The van der Waals surface area contributed by atoms with Gasteiger partial charge in [0.05, 0.1) is 11.8 Å². The molecule has 7 heteroatoms. The molecule has 6 nitrogen and oxygen atoms in total. The summed E-state index contributed by atoms with van der Waals surface area (Å²) < 4.78 is 26.2. The first-order valence-electron chi connectivity index (χ1n) is 6.28. The number of nitrogens with two attached hydrogens (primary N) is 1. The van der Waals surface area contributed by atoms with Gasteiger partial charge in [-0.15, -0.1) is 0 Å². The summed E-state index contributed by atoms with van der Waals surface area (Å²) in [4.78, 5) is 4.19. The van der Waals surface area contributed by atoms with E-state index in [1.54, 1.807) is 13.0 Å². The van der Waals surface area contributed by atoms with Crippen molar-refractivity contribution in [3.05, 3.63) is 24.0 Å². The molecule has 1 fully saturated rings. The molecule has 0 saturated carbocycles. The van der Waals surface area contributed by atoms with E-state index in [1.807, 2.05) is 0 Å². The third kappa shape index (κ3) is 2.94. The van der Waals surface area contributed by atoms with Crippen molar-refractivity contribution >= 4 is 10.0 Å². The van der Waals surface area contributed by atoms with Crippen LogP contribution in [0.1, 0.15) is 19.0 Å². The third-order valence-electron chi connectivity index (χ3n) is 3.51. The summed E-state index contributed by atoms with van der Waals surface area (Å²) in [5.74, 6) is 0.00560. The minimum absolute atomic E-state index is 0.00560. The Balaban J connectivity index is 2.18. The smallest absolute Gasteiger partial charge is 0.244 e. The Morgan fingerprint density at radius 3 is 2.79 bits per heavy atom. The molecule has 0 amide bonds. The van der Waals surface area contributed by atoms with Gasteiger partial charge in [0.1, 0.15) is 4.90 Å². The first kappa shape index (κ1) is 14.4. The highest BCUT2D eigenvalue weighted by Crippen LogP contribution is 2.25. The second-order valence-electron chi connectivity index (χ2n) is 4.84. The second-order valence-corrected chi connectivity index (χ2v) is 6.78. The van der Waals surface area contributed by atoms with Gasteiger partial charge in [0, 0.05) is 25.8 Å². The Kier molecular flexibility index (Phi) is 4.19. The first-order chi connectivity index (χ1) is 8.95. The van der Waals surface area contributed by atoms with Crippen molar-refractivity contribution in [1.29, 1.82) is 0 Å². The largest absolute Gasteiger partial charge is 0.393 e. The molecule has 1 aromatic heterocycles. The molecular weight excluding hydrogens is 266 g/mol. The van der Waals surface area contributed by atoms with Crippen molar-refractivity contribution in [3.8, 4) is 0 Å². The van der Waals surface area contributed by atoms with Crippen LogP contribution in [0.2, 0.25) is 0 Å². The Hall–Kier alpha value is -1.02. The molecule has 0 bridgehead atoms. The zero-order valence-corrected chi connectivity index (χ0v) is 11.7. The van der Waals surface area contributed by atoms with Gasteiger partial charge in [0.2, 0.25) is 10.0 Å². The van der Waals surface area contributed by atoms with Crippen LogP contribution in [0.15, 0.2) is 23.2 Å². The fraction of sp³-hybridized carbons (Fsp3) is 0.583. The lowest BCUT2D eigenvalue weighted by molar-refractivity contribution is 0.133. The summed E-state index contributed by atoms with van der Waals surface area (Å²) in [5.41, 5.74) is 6.09. The minimum atomic E-state index is -3.51. The number of pyridine rings is 1. The van der Waals surface area contributed by atoms with Crippen molar-refractivity contribution in [2.45, 2.75) is 30.9 Å². The molecule has 0 spiro atoms. The van der Waals surface area contributed by atoms with Gasteiger partial charge in [-0.3, -0.25) is 4.98 Å². The summed E-state index contributed by atoms with van der Waals surface area (Å²) in [6, 6.07) is 3.15. The van der Waals surface area contributed by atoms with E-state index in [0.717, 1.165) is 0 Å². The predicted molar refractivity (Wildman–Crippen MR) is 70.7 cm³/mol. The number of sulfonamides is 1. The van der Waals surface area contributed by atoms with Gasteiger partial charge in [-0.05, 0) is 31.4 Å². The molecule has 1 aliphatic heterocycles. The molecule has 106 valence electrons. The van der Waals surface area contributed by atoms with E-state index in [1.165, 1.54) is 16.6 Å². The number of aliphatic hydroxyl groups is 1. The second kappa shape index (κ2) is 5.54. The fourth-order valence-electron chi connectivity index (χ4n) is 2.20. The van der Waals surface area contributed by atoms with E-state index in [9.17, 15) is 13.5 Å². The molecular formula is C12H19N3O3S. The van der Waals surface area contributed by atoms with E-state index in [2.05, 4.69) is 4.98 Å². The first-order valence-corrected chi connectivity index (χ1v) is 7.72. The summed E-state index contributed by atoms with van der Waals surface area (Å²) in [6.45, 7) is 2.78. The van der Waals surface area contributed by atoms with Gasteiger partial charge in [-0.25, -0.2) is 8.42 Å². The van der Waals surface area contributed by atoms with Gasteiger partial charge < -0.3 is 10.8 Å². The highest BCUT2D eigenvalue weighted by atomic mass is 32.2. The zero-order valence-electron chi connectivity index (χ0n) is 10.9. The monoisotopic (exact) mass is 285 g/mol. The molecule has 1 saturated heterocycles. The lowest BCUT2D eigenvalue weighted by Gasteiger charge is -2.17. The Morgan fingerprint density at radius 1 is 1.58 bits per heavy atom. The van der Waals surface area contributed by atoms with Crippen molar-refractivity contribution < 1.29 is 13.5 Å². The van der Waals surface area contributed by atoms with Gasteiger partial charge in [-0.2, -0.15) is 4.31 Å². The quantitative estimate of drug-likeness (QED) is 0.807. The average Bonchev–Trinajstić information content (AvgIpc) is 2.89. The highest BCUT2D eigenvalue weighted by molar-refractivity contribution is 7.89. The van der Waals surface area contributed by atoms with E-state index in [4.69, 9.17) is 5.73 Å². The third-order valence-corrected chi connectivity index (χ3v) is 5.36. The molecule has 2 atom stereocenters. The molecule has 0 radical (unpaired) electrons. The van der Waals surface area contributed by atoms with Crippen LogP contribution < -0.4 is 5.73 Å². The SMILES string of the molecule is CC(O)C1CCN(S(=O)(=O)c2ccc(CN)nc2)C1. The minimum Gasteiger partial charge on any atom is -0.393 e. The summed E-state index contributed by atoms with van der Waals surface area (Å²) in [5, 5.41) is 9.53. The molecule has 0 aliphatic carbocycles. The van der Waals surface area contributed by atoms with Gasteiger partial charge in [-0.1, -0.05) is 0 Å². The van der Waals surface area contributed by atoms with Gasteiger partial charge in [0.25, 0.3) is 0 Å². The molecule has 2 rings (SSSR count). The van der Waals surface area contributed by atoms with E-state index in [0.29, 0.717) is 25.2 Å². The van der Waals surface area contributed by atoms with Crippen LogP contribution in [-0.2, 0) is 16.6 Å². The van der Waals surface area contributed by atoms with Gasteiger partial charge >= 0.3 is 0 Å². The number of rotatable bonds is 4. The number of aliphatic hydroxyl groups excluding tert-OH is 1. The van der Waals surface area contributed by atoms with Crippen LogP contribution >= 0.6 is 0 Å². The van der Waals surface area contributed by atoms with Crippen LogP contribution in [0.25, 0.3) is 0 Å². The number of aromatic nitrogens is 1. The molecule has 1 aromatic rings. The maximum absolute atomic E-state index is 12.4. The van der Waals surface area contributed by atoms with Crippen LogP contribution in [-0.4, -0.2) is 42.0 Å². The Labute approximate surface area is 113 Å². The zero-order chi connectivity index (χ0) is 14.0. The van der Waals surface area contributed by atoms with Crippen LogP contribution in [0.3, 0.4) is 0 Å². The maximum atomic E-state index is 12.4. The molecule has 19 heavy (non-hydrogen) atoms. The van der Waals surface area contributed by atoms with E-state index < -0.39 is 16.1 Å². The van der Waals surface area contributed by atoms with Crippen molar-refractivity contribution in [2.24, 2.45) is 11.7 Å². The van der Waals surface area contributed by atoms with E-state index >= 15 is 0 Å². The van der Waals surface area contributed by atoms with Crippen molar-refractivity contribution in [3.63, 3.8) is 0 Å². The van der Waals surface area contributed by atoms with Crippen molar-refractivity contribution in [1.82, 2.24) is 9.29 Å². The van der Waals surface area contributed by atoms with Crippen LogP contribution in [0, 0.1) is 5.92 Å². The van der Waals surface area contributed by atoms with Crippen LogP contribution in [0.5, 0.6) is 0 Å². The molecule has 2 unspecified atom stereocenters. The maximum Gasteiger partial charge on any atom is 0.244 e. The average molecular weight is 285 g/mol. The predicted octanol–water partition coefficient (Wildman–Crippen LogP) is -0.0683. The topological polar surface area (TPSA) is 96.5 Å². The Morgan fingerprint density at radius 2 is 2.32 bits per heavy atom. The molecule has 2 heterocycles. The summed E-state index contributed by atoms with van der Waals surface area (Å²) in [7, 11) is -3.51. The van der Waals surface area contributed by atoms with Gasteiger partial charge in [0.15, 0.2) is 0 Å². The molecule has 1 aliphatic rings. The fourth-order valence-corrected chi connectivity index (χ4v) is 3.66. The molecule has 0 aromatic carbocycles. The highest BCUT2D eigenvalue weighted by Gasteiger charge is 2.34. The number of nitrogens with zero attached hydrogens (tertiary/aromatic N) is 2. The lowest BCUT2D eigenvalue weighted by atomic mass is 10.0. The standard InChI is InChI=1S/C12H19N3O3S/c1-9(16)10-4-5-15(8-10)19(17,18)12-3-2-11(6-13)14-7-12/h2-3,7,9-10,16H,4-6,8,13H2,1H3. The van der Waals surface area contributed by atoms with Crippen LogP contribution in [0.4, 0.5) is 0 Å². The lowest BCUT2D eigenvalue weighted by Crippen LogP contribution is -2.30. The van der Waals surface area contributed by atoms with E-state index in [-0.39, 0.29) is 17.4 Å².